The van der Waals surface area contributed by atoms with Crippen LogP contribution in [0.1, 0.15) is 29.4 Å². The fourth-order valence-electron chi connectivity index (χ4n) is 2.54. The summed E-state index contributed by atoms with van der Waals surface area (Å²) >= 11 is 0. The van der Waals surface area contributed by atoms with Gasteiger partial charge in [0, 0.05) is 11.9 Å². The lowest BCUT2D eigenvalue weighted by Crippen LogP contribution is -2.29. The molecule has 0 atom stereocenters. The lowest BCUT2D eigenvalue weighted by Gasteiger charge is -2.09. The highest BCUT2D eigenvalue weighted by Crippen LogP contribution is 2.13. The molecule has 1 heterocycles. The number of amides is 1. The summed E-state index contributed by atoms with van der Waals surface area (Å²) in [5, 5.41) is 18.3. The minimum absolute atomic E-state index is 0.150. The Bertz CT molecular complexity index is 1020. The number of rotatable bonds is 5. The van der Waals surface area contributed by atoms with Crippen LogP contribution in [0.25, 0.3) is 10.8 Å². The van der Waals surface area contributed by atoms with Crippen molar-refractivity contribution in [3.8, 4) is 5.75 Å². The maximum absolute atomic E-state index is 12.5. The maximum Gasteiger partial charge on any atom is 0.292 e. The van der Waals surface area contributed by atoms with Crippen LogP contribution in [-0.4, -0.2) is 27.0 Å². The van der Waals surface area contributed by atoms with Crippen LogP contribution >= 0.6 is 0 Å². The summed E-state index contributed by atoms with van der Waals surface area (Å²) in [5.41, 5.74) is 3.09. The molecule has 0 aliphatic heterocycles. The number of aromatic hydroxyl groups is 1. The highest BCUT2D eigenvalue weighted by Gasteiger charge is 2.15. The zero-order chi connectivity index (χ0) is 18.5. The Kier molecular flexibility index (Phi) is 5.07. The molecule has 26 heavy (non-hydrogen) atoms. The third-order valence-electron chi connectivity index (χ3n) is 3.79. The van der Waals surface area contributed by atoms with E-state index >= 15 is 0 Å². The molecule has 1 amide bonds. The topological polar surface area (TPSA) is 96.6 Å². The Morgan fingerprint density at radius 2 is 1.88 bits per heavy atom. The minimum atomic E-state index is -0.499. The Morgan fingerprint density at radius 3 is 2.58 bits per heavy atom. The van der Waals surface area contributed by atoms with Crippen LogP contribution in [0.3, 0.4) is 0 Å². The van der Waals surface area contributed by atoms with E-state index in [1.807, 2.05) is 6.92 Å². The molecule has 0 unspecified atom stereocenters. The van der Waals surface area contributed by atoms with Crippen molar-refractivity contribution in [2.24, 2.45) is 5.10 Å². The SMILES string of the molecule is CCCn1nc(C(=O)NN=Cc2ccc(O)cc2)c2ccccc2c1=O. The highest BCUT2D eigenvalue weighted by atomic mass is 16.3. The molecule has 132 valence electrons. The average molecular weight is 350 g/mol. The van der Waals surface area contributed by atoms with Crippen molar-refractivity contribution in [2.45, 2.75) is 19.9 Å². The van der Waals surface area contributed by atoms with Gasteiger partial charge in [-0.3, -0.25) is 9.59 Å². The number of hydrogen-bond acceptors (Lipinski definition) is 5. The number of nitrogens with zero attached hydrogens (tertiary/aromatic N) is 3. The number of phenols is 1. The molecule has 3 rings (SSSR count). The van der Waals surface area contributed by atoms with E-state index in [0.29, 0.717) is 17.3 Å². The highest BCUT2D eigenvalue weighted by molar-refractivity contribution is 6.04. The molecule has 7 nitrogen and oxygen atoms in total. The summed E-state index contributed by atoms with van der Waals surface area (Å²) in [5.74, 6) is -0.346. The number of aryl methyl sites for hydroxylation is 1. The van der Waals surface area contributed by atoms with E-state index in [9.17, 15) is 14.7 Å². The van der Waals surface area contributed by atoms with Gasteiger partial charge < -0.3 is 5.11 Å². The molecule has 0 saturated carbocycles. The smallest absolute Gasteiger partial charge is 0.292 e. The average Bonchev–Trinajstić information content (AvgIpc) is 2.65. The zero-order valence-electron chi connectivity index (χ0n) is 14.2. The lowest BCUT2D eigenvalue weighted by atomic mass is 10.1. The molecule has 0 fully saturated rings. The second-order valence-corrected chi connectivity index (χ2v) is 5.71. The van der Waals surface area contributed by atoms with Gasteiger partial charge >= 0.3 is 0 Å². The van der Waals surface area contributed by atoms with E-state index in [1.165, 1.54) is 23.0 Å². The summed E-state index contributed by atoms with van der Waals surface area (Å²) in [6.45, 7) is 2.37. The van der Waals surface area contributed by atoms with Crippen LogP contribution in [0.15, 0.2) is 58.4 Å². The summed E-state index contributed by atoms with van der Waals surface area (Å²) < 4.78 is 1.31. The van der Waals surface area contributed by atoms with Gasteiger partial charge in [0.05, 0.1) is 11.6 Å². The standard InChI is InChI=1S/C19H18N4O3/c1-2-11-23-19(26)16-6-4-3-5-15(16)17(22-23)18(25)21-20-12-13-7-9-14(24)10-8-13/h3-10,12,24H,2,11H2,1H3,(H,21,25). The molecule has 0 bridgehead atoms. The molecule has 0 aliphatic rings. The lowest BCUT2D eigenvalue weighted by molar-refractivity contribution is 0.0949. The van der Waals surface area contributed by atoms with Crippen LogP contribution in [0.2, 0.25) is 0 Å². The van der Waals surface area contributed by atoms with Gasteiger partial charge in [-0.2, -0.15) is 10.2 Å². The summed E-state index contributed by atoms with van der Waals surface area (Å²) in [4.78, 5) is 25.0. The van der Waals surface area contributed by atoms with Crippen LogP contribution in [0.4, 0.5) is 0 Å². The molecule has 7 heteroatoms. The number of carbonyl (C=O) groups is 1. The molecular formula is C19H18N4O3. The number of carbonyl (C=O) groups excluding carboxylic acids is 1. The van der Waals surface area contributed by atoms with Crippen molar-refractivity contribution in [3.05, 3.63) is 70.1 Å². The van der Waals surface area contributed by atoms with Crippen LogP contribution < -0.4 is 11.0 Å². The van der Waals surface area contributed by atoms with Gasteiger partial charge in [0.2, 0.25) is 0 Å². The number of fused-ring (bicyclic) bond motifs is 1. The summed E-state index contributed by atoms with van der Waals surface area (Å²) in [6.07, 6.45) is 2.19. The predicted molar refractivity (Wildman–Crippen MR) is 99.5 cm³/mol. The number of aromatic nitrogens is 2. The Labute approximate surface area is 149 Å². The normalized spacial score (nSPS) is 11.1. The van der Waals surface area contributed by atoms with Crippen molar-refractivity contribution in [3.63, 3.8) is 0 Å². The summed E-state index contributed by atoms with van der Waals surface area (Å²) in [6, 6.07) is 13.3. The number of hydrazone groups is 1. The first-order valence-electron chi connectivity index (χ1n) is 8.22. The van der Waals surface area contributed by atoms with Crippen LogP contribution in [-0.2, 0) is 6.54 Å². The molecule has 0 aliphatic carbocycles. The largest absolute Gasteiger partial charge is 0.508 e. The van der Waals surface area contributed by atoms with Gasteiger partial charge in [0.1, 0.15) is 5.75 Å². The first-order chi connectivity index (χ1) is 12.6. The Morgan fingerprint density at radius 1 is 1.19 bits per heavy atom. The van der Waals surface area contributed by atoms with E-state index in [0.717, 1.165) is 12.0 Å². The molecule has 2 N–H and O–H groups in total. The monoisotopic (exact) mass is 350 g/mol. The second-order valence-electron chi connectivity index (χ2n) is 5.71. The van der Waals surface area contributed by atoms with E-state index < -0.39 is 5.91 Å². The maximum atomic E-state index is 12.5. The molecular weight excluding hydrogens is 332 g/mol. The number of hydrogen-bond donors (Lipinski definition) is 2. The molecule has 3 aromatic rings. The minimum Gasteiger partial charge on any atom is -0.508 e. The first-order valence-corrected chi connectivity index (χ1v) is 8.22. The van der Waals surface area contributed by atoms with Crippen LogP contribution in [0, 0.1) is 0 Å². The predicted octanol–water partition coefficient (Wildman–Crippen LogP) is 2.28. The number of benzene rings is 2. The van der Waals surface area contributed by atoms with E-state index in [4.69, 9.17) is 0 Å². The Hall–Kier alpha value is -3.48. The fraction of sp³-hybridized carbons (Fsp3) is 0.158. The van der Waals surface area contributed by atoms with Crippen molar-refractivity contribution < 1.29 is 9.90 Å². The van der Waals surface area contributed by atoms with E-state index in [1.54, 1.807) is 36.4 Å². The molecule has 2 aromatic carbocycles. The van der Waals surface area contributed by atoms with E-state index in [2.05, 4.69) is 15.6 Å². The third kappa shape index (κ3) is 3.61. The zero-order valence-corrected chi connectivity index (χ0v) is 14.2. The Balaban J connectivity index is 1.91. The first kappa shape index (κ1) is 17.3. The quantitative estimate of drug-likeness (QED) is 0.545. The van der Waals surface area contributed by atoms with Gasteiger partial charge in [-0.05, 0) is 42.3 Å². The van der Waals surface area contributed by atoms with Crippen LogP contribution in [0.5, 0.6) is 5.75 Å². The van der Waals surface area contributed by atoms with Crippen molar-refractivity contribution in [1.82, 2.24) is 15.2 Å². The second kappa shape index (κ2) is 7.60. The fourth-order valence-corrected chi connectivity index (χ4v) is 2.54. The van der Waals surface area contributed by atoms with Gasteiger partial charge in [-0.15, -0.1) is 0 Å². The molecule has 0 spiro atoms. The number of nitrogens with one attached hydrogen (secondary N) is 1. The van der Waals surface area contributed by atoms with Crippen molar-refractivity contribution in [1.29, 1.82) is 0 Å². The third-order valence-corrected chi connectivity index (χ3v) is 3.79. The van der Waals surface area contributed by atoms with Gasteiger partial charge in [0.25, 0.3) is 11.5 Å². The number of phenolic OH excluding ortho intramolecular Hbond substituents is 1. The van der Waals surface area contributed by atoms with Gasteiger partial charge in [-0.25, -0.2) is 10.1 Å². The van der Waals surface area contributed by atoms with E-state index in [-0.39, 0.29) is 17.0 Å². The summed E-state index contributed by atoms with van der Waals surface area (Å²) in [7, 11) is 0. The van der Waals surface area contributed by atoms with Gasteiger partial charge in [0.15, 0.2) is 5.69 Å². The van der Waals surface area contributed by atoms with Crippen molar-refractivity contribution in [2.75, 3.05) is 0 Å². The molecule has 0 radical (unpaired) electrons. The molecule has 0 saturated heterocycles. The van der Waals surface area contributed by atoms with Crippen molar-refractivity contribution >= 4 is 22.9 Å². The molecule has 1 aromatic heterocycles. The van der Waals surface area contributed by atoms with Gasteiger partial charge in [-0.1, -0.05) is 25.1 Å².